The minimum atomic E-state index is -0.0845. The van der Waals surface area contributed by atoms with Gasteiger partial charge in [-0.05, 0) is 30.3 Å². The quantitative estimate of drug-likeness (QED) is 0.433. The van der Waals surface area contributed by atoms with Crippen molar-refractivity contribution in [1.82, 2.24) is 0 Å². The molecule has 0 saturated carbocycles. The van der Waals surface area contributed by atoms with Crippen molar-refractivity contribution in [1.29, 1.82) is 0 Å². The summed E-state index contributed by atoms with van der Waals surface area (Å²) in [6.45, 7) is 0.213. The monoisotopic (exact) mass is 390 g/mol. The standard InChI is InChI=1S/C24H22O5/c25-12-14-27-23-19-8-4-5-9-20(19)24(28-15-13-26)22-16-18(10-11-21(22)23)29-17-6-2-1-3-7-17/h1-11,16,25-26H,12-15H2. The van der Waals surface area contributed by atoms with Gasteiger partial charge in [0.15, 0.2) is 0 Å². The minimum absolute atomic E-state index is 0.0756. The summed E-state index contributed by atoms with van der Waals surface area (Å²) in [5.41, 5.74) is 0. The molecule has 0 amide bonds. The van der Waals surface area contributed by atoms with Gasteiger partial charge in [-0.15, -0.1) is 0 Å². The highest BCUT2D eigenvalue weighted by molar-refractivity contribution is 6.11. The molecule has 0 bridgehead atoms. The van der Waals surface area contributed by atoms with Crippen LogP contribution in [0, 0.1) is 0 Å². The Morgan fingerprint density at radius 1 is 0.552 bits per heavy atom. The number of para-hydroxylation sites is 1. The summed E-state index contributed by atoms with van der Waals surface area (Å²) in [6.07, 6.45) is 0. The Labute approximate surface area is 168 Å². The number of hydrogen-bond donors (Lipinski definition) is 2. The van der Waals surface area contributed by atoms with E-state index < -0.39 is 0 Å². The van der Waals surface area contributed by atoms with Crippen LogP contribution in [-0.2, 0) is 0 Å². The molecule has 0 unspecified atom stereocenters. The van der Waals surface area contributed by atoms with E-state index in [1.165, 1.54) is 0 Å². The number of aliphatic hydroxyl groups excluding tert-OH is 2. The van der Waals surface area contributed by atoms with Crippen molar-refractivity contribution in [3.8, 4) is 23.0 Å². The number of fused-ring (bicyclic) bond motifs is 2. The second-order valence-corrected chi connectivity index (χ2v) is 6.47. The Bertz CT molecular complexity index is 1110. The molecule has 29 heavy (non-hydrogen) atoms. The third-order valence-electron chi connectivity index (χ3n) is 4.55. The molecule has 0 radical (unpaired) electrons. The summed E-state index contributed by atoms with van der Waals surface area (Å²) in [5.74, 6) is 2.76. The van der Waals surface area contributed by atoms with Gasteiger partial charge in [0.1, 0.15) is 36.2 Å². The summed E-state index contributed by atoms with van der Waals surface area (Å²) in [4.78, 5) is 0. The fourth-order valence-electron chi connectivity index (χ4n) is 3.37. The summed E-state index contributed by atoms with van der Waals surface area (Å²) < 4.78 is 17.8. The molecule has 5 heteroatoms. The maximum absolute atomic E-state index is 9.29. The van der Waals surface area contributed by atoms with E-state index in [2.05, 4.69) is 0 Å². The van der Waals surface area contributed by atoms with Crippen molar-refractivity contribution in [2.24, 2.45) is 0 Å². The Hall–Kier alpha value is -3.28. The largest absolute Gasteiger partial charge is 0.490 e. The highest BCUT2D eigenvalue weighted by atomic mass is 16.5. The molecular formula is C24H22O5. The van der Waals surface area contributed by atoms with E-state index in [-0.39, 0.29) is 26.4 Å². The molecule has 4 aromatic rings. The zero-order valence-corrected chi connectivity index (χ0v) is 15.9. The zero-order valence-electron chi connectivity index (χ0n) is 15.9. The average molecular weight is 390 g/mol. The van der Waals surface area contributed by atoms with Crippen molar-refractivity contribution in [2.45, 2.75) is 0 Å². The van der Waals surface area contributed by atoms with Gasteiger partial charge in [-0.1, -0.05) is 42.5 Å². The first-order valence-corrected chi connectivity index (χ1v) is 9.50. The molecule has 0 atom stereocenters. The lowest BCUT2D eigenvalue weighted by Gasteiger charge is -2.18. The Morgan fingerprint density at radius 3 is 1.72 bits per heavy atom. The van der Waals surface area contributed by atoms with Gasteiger partial charge in [-0.3, -0.25) is 0 Å². The molecule has 0 aliphatic carbocycles. The van der Waals surface area contributed by atoms with Crippen LogP contribution in [0.1, 0.15) is 0 Å². The lowest BCUT2D eigenvalue weighted by atomic mass is 10.00. The molecule has 2 N–H and O–H groups in total. The average Bonchev–Trinajstić information content (AvgIpc) is 2.77. The first-order valence-electron chi connectivity index (χ1n) is 9.50. The second-order valence-electron chi connectivity index (χ2n) is 6.47. The van der Waals surface area contributed by atoms with Crippen LogP contribution in [0.5, 0.6) is 23.0 Å². The fourth-order valence-corrected chi connectivity index (χ4v) is 3.37. The summed E-state index contributed by atoms with van der Waals surface area (Å²) in [5, 5.41) is 22.0. The van der Waals surface area contributed by atoms with Gasteiger partial charge in [-0.2, -0.15) is 0 Å². The summed E-state index contributed by atoms with van der Waals surface area (Å²) in [6, 6.07) is 23.1. The molecule has 0 aliphatic heterocycles. The van der Waals surface area contributed by atoms with Crippen molar-refractivity contribution < 1.29 is 24.4 Å². The topological polar surface area (TPSA) is 68.2 Å². The molecule has 0 aliphatic rings. The van der Waals surface area contributed by atoms with E-state index in [0.717, 1.165) is 27.3 Å². The van der Waals surface area contributed by atoms with Gasteiger partial charge in [0.25, 0.3) is 0 Å². The van der Waals surface area contributed by atoms with Crippen LogP contribution in [0.2, 0.25) is 0 Å². The van der Waals surface area contributed by atoms with Crippen molar-refractivity contribution in [3.63, 3.8) is 0 Å². The van der Waals surface area contributed by atoms with E-state index in [1.54, 1.807) is 0 Å². The van der Waals surface area contributed by atoms with E-state index in [9.17, 15) is 10.2 Å². The zero-order chi connectivity index (χ0) is 20.1. The molecule has 5 nitrogen and oxygen atoms in total. The van der Waals surface area contributed by atoms with E-state index in [0.29, 0.717) is 17.2 Å². The van der Waals surface area contributed by atoms with Crippen LogP contribution in [-0.4, -0.2) is 36.6 Å². The maximum atomic E-state index is 9.29. The number of aliphatic hydroxyl groups is 2. The lowest BCUT2D eigenvalue weighted by Crippen LogP contribution is -2.05. The van der Waals surface area contributed by atoms with E-state index in [1.807, 2.05) is 72.8 Å². The third kappa shape index (κ3) is 3.97. The summed E-state index contributed by atoms with van der Waals surface area (Å²) >= 11 is 0. The summed E-state index contributed by atoms with van der Waals surface area (Å²) in [7, 11) is 0. The van der Waals surface area contributed by atoms with Crippen molar-refractivity contribution in [3.05, 3.63) is 72.8 Å². The van der Waals surface area contributed by atoms with Crippen LogP contribution < -0.4 is 14.2 Å². The van der Waals surface area contributed by atoms with Gasteiger partial charge in [0.05, 0.1) is 13.2 Å². The molecule has 4 aromatic carbocycles. The van der Waals surface area contributed by atoms with Crippen molar-refractivity contribution >= 4 is 21.5 Å². The molecule has 0 fully saturated rings. The highest BCUT2D eigenvalue weighted by Gasteiger charge is 2.17. The van der Waals surface area contributed by atoms with Crippen LogP contribution in [0.15, 0.2) is 72.8 Å². The fraction of sp³-hybridized carbons (Fsp3) is 0.167. The normalized spacial score (nSPS) is 11.0. The van der Waals surface area contributed by atoms with Crippen LogP contribution in [0.25, 0.3) is 21.5 Å². The number of benzene rings is 4. The van der Waals surface area contributed by atoms with E-state index >= 15 is 0 Å². The third-order valence-corrected chi connectivity index (χ3v) is 4.55. The molecule has 0 spiro atoms. The SMILES string of the molecule is OCCOc1c2ccccc2c(OCCO)c2cc(Oc3ccccc3)ccc12. The minimum Gasteiger partial charge on any atom is -0.490 e. The van der Waals surface area contributed by atoms with Crippen molar-refractivity contribution in [2.75, 3.05) is 26.4 Å². The van der Waals surface area contributed by atoms with Gasteiger partial charge in [0.2, 0.25) is 0 Å². The van der Waals surface area contributed by atoms with Gasteiger partial charge >= 0.3 is 0 Å². The van der Waals surface area contributed by atoms with E-state index in [4.69, 9.17) is 14.2 Å². The maximum Gasteiger partial charge on any atom is 0.135 e. The molecule has 148 valence electrons. The Morgan fingerprint density at radius 2 is 1.10 bits per heavy atom. The first-order chi connectivity index (χ1) is 14.3. The predicted molar refractivity (Wildman–Crippen MR) is 113 cm³/mol. The van der Waals surface area contributed by atoms with Gasteiger partial charge in [0, 0.05) is 21.5 Å². The second kappa shape index (κ2) is 8.82. The number of rotatable bonds is 8. The molecule has 0 aromatic heterocycles. The van der Waals surface area contributed by atoms with Crippen LogP contribution in [0.4, 0.5) is 0 Å². The lowest BCUT2D eigenvalue weighted by molar-refractivity contribution is 0.202. The smallest absolute Gasteiger partial charge is 0.135 e. The molecule has 0 saturated heterocycles. The predicted octanol–water partition coefficient (Wildman–Crippen LogP) is 4.53. The first kappa shape index (κ1) is 19.1. The van der Waals surface area contributed by atoms with Gasteiger partial charge in [-0.25, -0.2) is 0 Å². The van der Waals surface area contributed by atoms with Crippen LogP contribution >= 0.6 is 0 Å². The number of hydrogen-bond acceptors (Lipinski definition) is 5. The Kier molecular flexibility index (Phi) is 5.79. The molecule has 0 heterocycles. The van der Waals surface area contributed by atoms with Gasteiger partial charge < -0.3 is 24.4 Å². The number of ether oxygens (including phenoxy) is 3. The Balaban J connectivity index is 1.91. The highest BCUT2D eigenvalue weighted by Crippen LogP contribution is 2.44. The van der Waals surface area contributed by atoms with Crippen LogP contribution in [0.3, 0.4) is 0 Å². The molecular weight excluding hydrogens is 368 g/mol. The molecule has 4 rings (SSSR count).